The maximum Gasteiger partial charge on any atom is 0.321 e. The molecule has 0 aliphatic carbocycles. The standard InChI is InChI=1S/C16H19N3O4S/c1-17-16(22)19-13(20)10-23-15(21)9-5-4-8-14-18-11-6-2-3-7-12(11)24-14/h2-3,6-7H,4-5,8-10H2,1H3,(H2,17,19,20,22). The van der Waals surface area contributed by atoms with Crippen LogP contribution in [0.2, 0.25) is 0 Å². The number of amides is 3. The normalized spacial score (nSPS) is 10.4. The number of fused-ring (bicyclic) bond motifs is 1. The van der Waals surface area contributed by atoms with Gasteiger partial charge in [-0.2, -0.15) is 0 Å². The number of benzene rings is 1. The molecule has 0 radical (unpaired) electrons. The Hall–Kier alpha value is -2.48. The fraction of sp³-hybridized carbons (Fsp3) is 0.375. The van der Waals surface area contributed by atoms with E-state index in [1.54, 1.807) is 11.3 Å². The van der Waals surface area contributed by atoms with Gasteiger partial charge in [0.15, 0.2) is 6.61 Å². The summed E-state index contributed by atoms with van der Waals surface area (Å²) in [5.74, 6) is -1.11. The van der Waals surface area contributed by atoms with Crippen molar-refractivity contribution >= 4 is 39.5 Å². The van der Waals surface area contributed by atoms with Crippen LogP contribution in [0, 0.1) is 0 Å². The number of unbranched alkanes of at least 4 members (excludes halogenated alkanes) is 1. The molecule has 0 atom stereocenters. The van der Waals surface area contributed by atoms with Crippen molar-refractivity contribution in [3.05, 3.63) is 29.3 Å². The Morgan fingerprint density at radius 3 is 2.75 bits per heavy atom. The summed E-state index contributed by atoms with van der Waals surface area (Å²) in [5, 5.41) is 5.30. The van der Waals surface area contributed by atoms with Crippen molar-refractivity contribution in [2.75, 3.05) is 13.7 Å². The molecule has 0 fully saturated rings. The number of rotatable bonds is 7. The number of esters is 1. The number of para-hydroxylation sites is 1. The molecule has 2 N–H and O–H groups in total. The molecule has 0 saturated carbocycles. The molecule has 128 valence electrons. The van der Waals surface area contributed by atoms with Gasteiger partial charge >= 0.3 is 12.0 Å². The van der Waals surface area contributed by atoms with Gasteiger partial charge in [0.2, 0.25) is 0 Å². The molecule has 1 heterocycles. The van der Waals surface area contributed by atoms with E-state index in [0.717, 1.165) is 28.1 Å². The van der Waals surface area contributed by atoms with E-state index in [0.29, 0.717) is 6.42 Å². The van der Waals surface area contributed by atoms with Gasteiger partial charge in [-0.05, 0) is 31.4 Å². The summed E-state index contributed by atoms with van der Waals surface area (Å²) in [7, 11) is 1.39. The fourth-order valence-electron chi connectivity index (χ4n) is 2.02. The second-order valence-corrected chi connectivity index (χ2v) is 6.19. The fourth-order valence-corrected chi connectivity index (χ4v) is 3.02. The summed E-state index contributed by atoms with van der Waals surface area (Å²) < 4.78 is 5.97. The summed E-state index contributed by atoms with van der Waals surface area (Å²) >= 11 is 1.66. The van der Waals surface area contributed by atoms with E-state index in [9.17, 15) is 14.4 Å². The van der Waals surface area contributed by atoms with Crippen LogP contribution in [0.4, 0.5) is 4.79 Å². The number of carbonyl (C=O) groups excluding carboxylic acids is 3. The lowest BCUT2D eigenvalue weighted by molar-refractivity contribution is -0.148. The molecule has 24 heavy (non-hydrogen) atoms. The summed E-state index contributed by atoms with van der Waals surface area (Å²) in [6.45, 7) is -0.454. The molecule has 3 amide bonds. The van der Waals surface area contributed by atoms with Gasteiger partial charge in [0.25, 0.3) is 5.91 Å². The van der Waals surface area contributed by atoms with Gasteiger partial charge in [-0.1, -0.05) is 12.1 Å². The number of aromatic nitrogens is 1. The summed E-state index contributed by atoms with van der Waals surface area (Å²) in [4.78, 5) is 38.2. The third kappa shape index (κ3) is 5.62. The van der Waals surface area contributed by atoms with Crippen LogP contribution in [-0.2, 0) is 20.7 Å². The van der Waals surface area contributed by atoms with Crippen LogP contribution in [0.5, 0.6) is 0 Å². The maximum atomic E-state index is 11.5. The van der Waals surface area contributed by atoms with E-state index < -0.39 is 24.5 Å². The summed E-state index contributed by atoms with van der Waals surface area (Å²) in [5.41, 5.74) is 0.999. The van der Waals surface area contributed by atoms with E-state index >= 15 is 0 Å². The van der Waals surface area contributed by atoms with Gasteiger partial charge in [0, 0.05) is 13.5 Å². The molecule has 8 heteroatoms. The first-order valence-corrected chi connectivity index (χ1v) is 8.42. The van der Waals surface area contributed by atoms with Gasteiger partial charge in [-0.15, -0.1) is 11.3 Å². The largest absolute Gasteiger partial charge is 0.456 e. The zero-order chi connectivity index (χ0) is 17.4. The molecule has 1 aromatic heterocycles. The minimum absolute atomic E-state index is 0.234. The number of hydrogen-bond donors (Lipinski definition) is 2. The van der Waals surface area contributed by atoms with E-state index in [2.05, 4.69) is 10.3 Å². The van der Waals surface area contributed by atoms with Crippen LogP contribution < -0.4 is 10.6 Å². The first kappa shape index (κ1) is 17.9. The SMILES string of the molecule is CNC(=O)NC(=O)COC(=O)CCCCc1nc2ccccc2s1. The van der Waals surface area contributed by atoms with E-state index in [1.807, 2.05) is 29.6 Å². The van der Waals surface area contributed by atoms with Crippen molar-refractivity contribution in [2.24, 2.45) is 0 Å². The van der Waals surface area contributed by atoms with Crippen LogP contribution >= 0.6 is 11.3 Å². The van der Waals surface area contributed by atoms with Crippen molar-refractivity contribution in [3.8, 4) is 0 Å². The lowest BCUT2D eigenvalue weighted by atomic mass is 10.2. The van der Waals surface area contributed by atoms with Gasteiger partial charge < -0.3 is 10.1 Å². The number of nitrogens with one attached hydrogen (secondary N) is 2. The molecule has 1 aromatic carbocycles. The van der Waals surface area contributed by atoms with Crippen molar-refractivity contribution in [1.29, 1.82) is 0 Å². The molecule has 7 nitrogen and oxygen atoms in total. The number of ether oxygens (including phenoxy) is 1. The lowest BCUT2D eigenvalue weighted by Crippen LogP contribution is -2.39. The molecular weight excluding hydrogens is 330 g/mol. The molecule has 2 rings (SSSR count). The smallest absolute Gasteiger partial charge is 0.321 e. The number of imide groups is 1. The van der Waals surface area contributed by atoms with Gasteiger partial charge in [-0.3, -0.25) is 14.9 Å². The average molecular weight is 349 g/mol. The van der Waals surface area contributed by atoms with Crippen LogP contribution in [-0.4, -0.2) is 36.5 Å². The molecule has 0 saturated heterocycles. The minimum Gasteiger partial charge on any atom is -0.456 e. The maximum absolute atomic E-state index is 11.5. The molecular formula is C16H19N3O4S. The van der Waals surface area contributed by atoms with Gasteiger partial charge in [0.05, 0.1) is 15.2 Å². The quantitative estimate of drug-likeness (QED) is 0.589. The highest BCUT2D eigenvalue weighted by Gasteiger charge is 2.10. The molecule has 0 aliphatic heterocycles. The Morgan fingerprint density at radius 2 is 2.00 bits per heavy atom. The average Bonchev–Trinajstić information content (AvgIpc) is 2.99. The minimum atomic E-state index is -0.655. The number of hydrogen-bond acceptors (Lipinski definition) is 6. The van der Waals surface area contributed by atoms with Crippen molar-refractivity contribution in [2.45, 2.75) is 25.7 Å². The third-order valence-corrected chi connectivity index (χ3v) is 4.30. The molecule has 0 aliphatic rings. The number of nitrogens with zero attached hydrogens (tertiary/aromatic N) is 1. The van der Waals surface area contributed by atoms with E-state index in [-0.39, 0.29) is 6.42 Å². The predicted molar refractivity (Wildman–Crippen MR) is 90.7 cm³/mol. The van der Waals surface area contributed by atoms with Crippen molar-refractivity contribution in [1.82, 2.24) is 15.6 Å². The molecule has 0 unspecified atom stereocenters. The number of thiazole rings is 1. The Kier molecular flexibility index (Phi) is 6.68. The zero-order valence-corrected chi connectivity index (χ0v) is 14.1. The Morgan fingerprint density at radius 1 is 1.21 bits per heavy atom. The topological polar surface area (TPSA) is 97.4 Å². The Balaban J connectivity index is 1.62. The Bertz CT molecular complexity index is 696. The first-order valence-electron chi connectivity index (χ1n) is 7.60. The van der Waals surface area contributed by atoms with E-state index in [4.69, 9.17) is 4.74 Å². The lowest BCUT2D eigenvalue weighted by Gasteiger charge is -2.05. The summed E-state index contributed by atoms with van der Waals surface area (Å²) in [6, 6.07) is 7.34. The van der Waals surface area contributed by atoms with Crippen molar-refractivity contribution in [3.63, 3.8) is 0 Å². The van der Waals surface area contributed by atoms with Crippen molar-refractivity contribution < 1.29 is 19.1 Å². The van der Waals surface area contributed by atoms with E-state index in [1.165, 1.54) is 7.05 Å². The molecule has 0 bridgehead atoms. The highest BCUT2D eigenvalue weighted by molar-refractivity contribution is 7.18. The van der Waals surface area contributed by atoms with Crippen LogP contribution in [0.25, 0.3) is 10.2 Å². The second kappa shape index (κ2) is 8.97. The highest BCUT2D eigenvalue weighted by atomic mass is 32.1. The van der Waals surface area contributed by atoms with Gasteiger partial charge in [0.1, 0.15) is 0 Å². The molecule has 0 spiro atoms. The number of carbonyl (C=O) groups is 3. The second-order valence-electron chi connectivity index (χ2n) is 5.07. The Labute approximate surface area is 143 Å². The predicted octanol–water partition coefficient (Wildman–Crippen LogP) is 2.01. The highest BCUT2D eigenvalue weighted by Crippen LogP contribution is 2.22. The first-order chi connectivity index (χ1) is 11.6. The monoisotopic (exact) mass is 349 g/mol. The zero-order valence-electron chi connectivity index (χ0n) is 13.3. The van der Waals surface area contributed by atoms with Crippen LogP contribution in [0.15, 0.2) is 24.3 Å². The number of aryl methyl sites for hydroxylation is 1. The van der Waals surface area contributed by atoms with Crippen LogP contribution in [0.1, 0.15) is 24.3 Å². The molecule has 2 aromatic rings. The van der Waals surface area contributed by atoms with Crippen LogP contribution in [0.3, 0.4) is 0 Å². The summed E-state index contributed by atoms with van der Waals surface area (Å²) in [6.07, 6.45) is 2.52. The van der Waals surface area contributed by atoms with Gasteiger partial charge in [-0.25, -0.2) is 9.78 Å². The number of urea groups is 1. The third-order valence-electron chi connectivity index (χ3n) is 3.20.